The number of alkyl halides is 2. The third-order valence-electron chi connectivity index (χ3n) is 4.28. The van der Waals surface area contributed by atoms with E-state index in [-0.39, 0.29) is 24.0 Å². The zero-order chi connectivity index (χ0) is 23.2. The van der Waals surface area contributed by atoms with Gasteiger partial charge in [0.25, 0.3) is 5.91 Å². The van der Waals surface area contributed by atoms with Crippen LogP contribution >= 0.6 is 22.7 Å². The van der Waals surface area contributed by atoms with Crippen molar-refractivity contribution in [2.75, 3.05) is 10.6 Å². The molecule has 0 bridgehead atoms. The van der Waals surface area contributed by atoms with Crippen LogP contribution in [0.15, 0.2) is 65.4 Å². The van der Waals surface area contributed by atoms with E-state index in [0.29, 0.717) is 32.8 Å². The molecule has 0 aliphatic heterocycles. The summed E-state index contributed by atoms with van der Waals surface area (Å²) in [6, 6.07) is 15.0. The van der Waals surface area contributed by atoms with Gasteiger partial charge in [0.05, 0.1) is 17.8 Å². The van der Waals surface area contributed by atoms with E-state index in [9.17, 15) is 18.4 Å². The first-order valence-electron chi connectivity index (χ1n) is 9.58. The van der Waals surface area contributed by atoms with Crippen LogP contribution in [0.4, 0.5) is 19.0 Å². The fourth-order valence-corrected chi connectivity index (χ4v) is 4.30. The van der Waals surface area contributed by atoms with Gasteiger partial charge >= 0.3 is 6.61 Å². The Bertz CT molecular complexity index is 1260. The highest BCUT2D eigenvalue weighted by atomic mass is 32.1. The lowest BCUT2D eigenvalue weighted by Crippen LogP contribution is -2.15. The van der Waals surface area contributed by atoms with Crippen LogP contribution in [0.2, 0.25) is 0 Å². The summed E-state index contributed by atoms with van der Waals surface area (Å²) in [5, 5.41) is 9.41. The summed E-state index contributed by atoms with van der Waals surface area (Å²) in [5.41, 5.74) is 1.80. The topological polar surface area (TPSA) is 93.2 Å². The Labute approximate surface area is 195 Å². The summed E-state index contributed by atoms with van der Waals surface area (Å²) in [4.78, 5) is 33.2. The fraction of sp³-hybridized carbons (Fsp3) is 0.0909. The van der Waals surface area contributed by atoms with Gasteiger partial charge in [-0.2, -0.15) is 8.78 Å². The number of aromatic nitrogens is 2. The van der Waals surface area contributed by atoms with Gasteiger partial charge in [-0.05, 0) is 24.3 Å². The molecule has 4 aromatic rings. The summed E-state index contributed by atoms with van der Waals surface area (Å²) in [6.45, 7) is -2.95. The molecule has 33 heavy (non-hydrogen) atoms. The van der Waals surface area contributed by atoms with Crippen LogP contribution in [0.1, 0.15) is 16.1 Å². The van der Waals surface area contributed by atoms with Crippen molar-refractivity contribution in [1.29, 1.82) is 0 Å². The van der Waals surface area contributed by atoms with E-state index < -0.39 is 6.61 Å². The minimum atomic E-state index is -2.95. The molecule has 0 saturated carbocycles. The first-order chi connectivity index (χ1) is 16.0. The monoisotopic (exact) mass is 486 g/mol. The van der Waals surface area contributed by atoms with E-state index in [4.69, 9.17) is 0 Å². The van der Waals surface area contributed by atoms with Crippen LogP contribution in [0.3, 0.4) is 0 Å². The van der Waals surface area contributed by atoms with Gasteiger partial charge in [0.2, 0.25) is 5.91 Å². The molecule has 0 aliphatic rings. The number of amides is 2. The first kappa shape index (κ1) is 22.5. The number of nitrogens with zero attached hydrogens (tertiary/aromatic N) is 2. The molecule has 0 radical (unpaired) electrons. The SMILES string of the molecule is O=C(Cc1csc(NC(=O)c2ccccc2)n1)Nc1nc(-c2ccccc2OC(F)F)cs1. The van der Waals surface area contributed by atoms with E-state index in [2.05, 4.69) is 25.3 Å². The molecular weight excluding hydrogens is 470 g/mol. The first-order valence-corrected chi connectivity index (χ1v) is 11.3. The molecule has 2 amide bonds. The lowest BCUT2D eigenvalue weighted by molar-refractivity contribution is -0.115. The van der Waals surface area contributed by atoms with Gasteiger partial charge in [-0.15, -0.1) is 22.7 Å². The number of carbonyl (C=O) groups excluding carboxylic acids is 2. The smallest absolute Gasteiger partial charge is 0.387 e. The normalized spacial score (nSPS) is 10.8. The molecular formula is C22H16F2N4O3S2. The zero-order valence-electron chi connectivity index (χ0n) is 16.8. The average Bonchev–Trinajstić information content (AvgIpc) is 3.43. The van der Waals surface area contributed by atoms with E-state index in [0.717, 1.165) is 11.3 Å². The largest absolute Gasteiger partial charge is 0.434 e. The second-order valence-corrected chi connectivity index (χ2v) is 8.32. The van der Waals surface area contributed by atoms with Crippen molar-refractivity contribution in [3.63, 3.8) is 0 Å². The molecule has 0 unspecified atom stereocenters. The van der Waals surface area contributed by atoms with Crippen LogP contribution in [0.5, 0.6) is 5.75 Å². The number of rotatable bonds is 8. The van der Waals surface area contributed by atoms with E-state index in [1.54, 1.807) is 53.2 Å². The van der Waals surface area contributed by atoms with Crippen molar-refractivity contribution in [2.24, 2.45) is 0 Å². The molecule has 2 aromatic heterocycles. The predicted molar refractivity (Wildman–Crippen MR) is 123 cm³/mol. The molecule has 0 fully saturated rings. The quantitative estimate of drug-likeness (QED) is 0.353. The number of hydrogen-bond acceptors (Lipinski definition) is 7. The van der Waals surface area contributed by atoms with Gasteiger partial charge in [-0.25, -0.2) is 9.97 Å². The Morgan fingerprint density at radius 1 is 0.909 bits per heavy atom. The number of nitrogens with one attached hydrogen (secondary N) is 2. The average molecular weight is 487 g/mol. The number of ether oxygens (including phenoxy) is 1. The summed E-state index contributed by atoms with van der Waals surface area (Å²) in [5.74, 6) is -0.630. The minimum absolute atomic E-state index is 0.00299. The molecule has 2 aromatic carbocycles. The van der Waals surface area contributed by atoms with Crippen molar-refractivity contribution in [3.8, 4) is 17.0 Å². The van der Waals surface area contributed by atoms with E-state index in [1.165, 1.54) is 17.4 Å². The number of thiazole rings is 2. The highest BCUT2D eigenvalue weighted by Crippen LogP contribution is 2.33. The highest BCUT2D eigenvalue weighted by Gasteiger charge is 2.15. The van der Waals surface area contributed by atoms with E-state index >= 15 is 0 Å². The Hall–Kier alpha value is -3.70. The third kappa shape index (κ3) is 5.96. The van der Waals surface area contributed by atoms with Crippen LogP contribution < -0.4 is 15.4 Å². The predicted octanol–water partition coefficient (Wildman–Crippen LogP) is 5.30. The lowest BCUT2D eigenvalue weighted by atomic mass is 10.1. The maximum absolute atomic E-state index is 12.6. The molecule has 4 rings (SSSR count). The summed E-state index contributed by atoms with van der Waals surface area (Å²) in [6.07, 6.45) is -0.0162. The van der Waals surface area contributed by atoms with Gasteiger partial charge in [0.15, 0.2) is 10.3 Å². The van der Waals surface area contributed by atoms with Crippen LogP contribution in [0.25, 0.3) is 11.3 Å². The van der Waals surface area contributed by atoms with Gasteiger partial charge in [0.1, 0.15) is 5.75 Å². The Balaban J connectivity index is 1.36. The molecule has 0 saturated heterocycles. The van der Waals surface area contributed by atoms with Crippen LogP contribution in [0, 0.1) is 0 Å². The summed E-state index contributed by atoms with van der Waals surface area (Å²) < 4.78 is 29.8. The highest BCUT2D eigenvalue weighted by molar-refractivity contribution is 7.14. The Kier molecular flexibility index (Phi) is 7.01. The molecule has 0 aliphatic carbocycles. The molecule has 168 valence electrons. The van der Waals surface area contributed by atoms with Crippen LogP contribution in [-0.2, 0) is 11.2 Å². The maximum atomic E-state index is 12.6. The number of anilines is 2. The second-order valence-electron chi connectivity index (χ2n) is 6.60. The summed E-state index contributed by atoms with van der Waals surface area (Å²) >= 11 is 2.38. The standard InChI is InChI=1S/C22H16F2N4O3S2/c23-20(24)31-17-9-5-4-8-15(17)16-12-33-22(26-16)27-18(29)10-14-11-32-21(25-14)28-19(30)13-6-2-1-3-7-13/h1-9,11-12,20H,10H2,(H,25,28,30)(H,26,27,29). The van der Waals surface area contributed by atoms with Crippen molar-refractivity contribution in [2.45, 2.75) is 13.0 Å². The number of benzene rings is 2. The number of para-hydroxylation sites is 1. The molecule has 2 N–H and O–H groups in total. The molecule has 2 heterocycles. The van der Waals surface area contributed by atoms with Crippen molar-refractivity contribution >= 4 is 44.8 Å². The maximum Gasteiger partial charge on any atom is 0.387 e. The second kappa shape index (κ2) is 10.3. The number of hydrogen-bond donors (Lipinski definition) is 2. The van der Waals surface area contributed by atoms with Crippen molar-refractivity contribution in [1.82, 2.24) is 9.97 Å². The molecule has 11 heteroatoms. The van der Waals surface area contributed by atoms with Crippen molar-refractivity contribution < 1.29 is 23.1 Å². The van der Waals surface area contributed by atoms with Crippen LogP contribution in [-0.4, -0.2) is 28.4 Å². The van der Waals surface area contributed by atoms with E-state index in [1.807, 2.05) is 6.07 Å². The fourth-order valence-electron chi connectivity index (χ4n) is 2.86. The lowest BCUT2D eigenvalue weighted by Gasteiger charge is -2.08. The molecule has 0 spiro atoms. The zero-order valence-corrected chi connectivity index (χ0v) is 18.5. The number of carbonyl (C=O) groups is 2. The third-order valence-corrected chi connectivity index (χ3v) is 5.84. The Morgan fingerprint density at radius 3 is 2.39 bits per heavy atom. The van der Waals surface area contributed by atoms with Gasteiger partial charge < -0.3 is 10.1 Å². The van der Waals surface area contributed by atoms with Gasteiger partial charge in [-0.3, -0.25) is 14.9 Å². The summed E-state index contributed by atoms with van der Waals surface area (Å²) in [7, 11) is 0. The molecule has 0 atom stereocenters. The van der Waals surface area contributed by atoms with Crippen molar-refractivity contribution in [3.05, 3.63) is 76.6 Å². The Morgan fingerprint density at radius 2 is 1.61 bits per heavy atom. The van der Waals surface area contributed by atoms with Gasteiger partial charge in [-0.1, -0.05) is 30.3 Å². The van der Waals surface area contributed by atoms with Gasteiger partial charge in [0, 0.05) is 21.9 Å². The molecule has 7 nitrogen and oxygen atoms in total. The minimum Gasteiger partial charge on any atom is -0.434 e. The number of halogens is 2.